The molecular formula is C13H20ClN5O2. The van der Waals surface area contributed by atoms with Gasteiger partial charge in [-0.15, -0.1) is 0 Å². The number of hydrogen-bond donors (Lipinski definition) is 1. The van der Waals surface area contributed by atoms with Gasteiger partial charge in [0.15, 0.2) is 0 Å². The topological polar surface area (TPSA) is 80.2 Å². The molecule has 2 heterocycles. The van der Waals surface area contributed by atoms with E-state index in [1.165, 1.54) is 0 Å². The summed E-state index contributed by atoms with van der Waals surface area (Å²) < 4.78 is 5.47. The van der Waals surface area contributed by atoms with Crippen LogP contribution in [0.25, 0.3) is 0 Å². The van der Waals surface area contributed by atoms with Crippen LogP contribution in [0.2, 0.25) is 5.28 Å². The molecule has 0 saturated carbocycles. The normalized spacial score (nSPS) is 16.1. The van der Waals surface area contributed by atoms with Crippen LogP contribution in [-0.4, -0.2) is 47.1 Å². The molecule has 0 radical (unpaired) electrons. The number of carbonyl (C=O) groups is 1. The van der Waals surface area contributed by atoms with Crippen molar-refractivity contribution >= 4 is 23.5 Å². The second-order valence-corrected chi connectivity index (χ2v) is 5.57. The molecule has 21 heavy (non-hydrogen) atoms. The van der Waals surface area contributed by atoms with E-state index < -0.39 is 0 Å². The van der Waals surface area contributed by atoms with Gasteiger partial charge in [-0.1, -0.05) is 0 Å². The summed E-state index contributed by atoms with van der Waals surface area (Å²) in [7, 11) is 1.66. The minimum atomic E-state index is -0.0321. The minimum absolute atomic E-state index is 0.0321. The van der Waals surface area contributed by atoms with Gasteiger partial charge in [0.1, 0.15) is 0 Å². The second kappa shape index (κ2) is 6.89. The van der Waals surface area contributed by atoms with Crippen molar-refractivity contribution in [1.29, 1.82) is 0 Å². The molecule has 1 N–H and O–H groups in total. The Morgan fingerprint density at radius 2 is 2.00 bits per heavy atom. The predicted molar refractivity (Wildman–Crippen MR) is 79.6 cm³/mol. The molecule has 1 fully saturated rings. The number of amides is 1. The van der Waals surface area contributed by atoms with Gasteiger partial charge in [-0.25, -0.2) is 0 Å². The minimum Gasteiger partial charge on any atom is -0.461 e. The van der Waals surface area contributed by atoms with Crippen LogP contribution in [0.5, 0.6) is 6.01 Å². The number of piperidine rings is 1. The molecule has 0 atom stereocenters. The summed E-state index contributed by atoms with van der Waals surface area (Å²) in [5, 5.41) is 2.80. The van der Waals surface area contributed by atoms with Crippen LogP contribution in [0, 0.1) is 5.92 Å². The molecule has 1 aliphatic heterocycles. The number of anilines is 1. The van der Waals surface area contributed by atoms with Crippen molar-refractivity contribution in [2.75, 3.05) is 25.0 Å². The van der Waals surface area contributed by atoms with Gasteiger partial charge in [0.2, 0.25) is 17.1 Å². The molecule has 1 saturated heterocycles. The van der Waals surface area contributed by atoms with E-state index in [1.54, 1.807) is 7.05 Å². The second-order valence-electron chi connectivity index (χ2n) is 5.23. The van der Waals surface area contributed by atoms with Gasteiger partial charge in [0.25, 0.3) is 0 Å². The third-order valence-electron chi connectivity index (χ3n) is 3.31. The summed E-state index contributed by atoms with van der Waals surface area (Å²) in [6.07, 6.45) is 1.50. The van der Waals surface area contributed by atoms with Crippen LogP contribution in [-0.2, 0) is 4.79 Å². The number of nitrogens with one attached hydrogen (secondary N) is 1. The average Bonchev–Trinajstić information content (AvgIpc) is 2.45. The number of nitrogens with zero attached hydrogens (tertiary/aromatic N) is 4. The van der Waals surface area contributed by atoms with E-state index in [9.17, 15) is 4.79 Å². The molecular weight excluding hydrogens is 294 g/mol. The van der Waals surface area contributed by atoms with Crippen LogP contribution in [0.3, 0.4) is 0 Å². The lowest BCUT2D eigenvalue weighted by Crippen LogP contribution is -2.40. The van der Waals surface area contributed by atoms with Crippen molar-refractivity contribution in [3.8, 4) is 6.01 Å². The SMILES string of the molecule is CNC(=O)C1CCN(c2nc(Cl)nc(OC(C)C)n2)CC1. The maximum Gasteiger partial charge on any atom is 0.322 e. The molecule has 1 aromatic rings. The lowest BCUT2D eigenvalue weighted by atomic mass is 9.96. The summed E-state index contributed by atoms with van der Waals surface area (Å²) >= 11 is 5.92. The number of halogens is 1. The highest BCUT2D eigenvalue weighted by molar-refractivity contribution is 6.28. The Labute approximate surface area is 129 Å². The van der Waals surface area contributed by atoms with E-state index in [-0.39, 0.29) is 29.2 Å². The smallest absolute Gasteiger partial charge is 0.322 e. The zero-order valence-electron chi connectivity index (χ0n) is 12.5. The van der Waals surface area contributed by atoms with E-state index >= 15 is 0 Å². The van der Waals surface area contributed by atoms with Crippen molar-refractivity contribution < 1.29 is 9.53 Å². The van der Waals surface area contributed by atoms with E-state index in [1.807, 2.05) is 18.7 Å². The lowest BCUT2D eigenvalue weighted by molar-refractivity contribution is -0.125. The zero-order chi connectivity index (χ0) is 15.4. The fourth-order valence-electron chi connectivity index (χ4n) is 2.27. The molecule has 1 aromatic heterocycles. The van der Waals surface area contributed by atoms with Gasteiger partial charge in [-0.3, -0.25) is 4.79 Å². The monoisotopic (exact) mass is 313 g/mol. The molecule has 8 heteroatoms. The molecule has 0 aliphatic carbocycles. The maximum atomic E-state index is 11.6. The Morgan fingerprint density at radius 3 is 2.57 bits per heavy atom. The first-order chi connectivity index (χ1) is 9.99. The average molecular weight is 314 g/mol. The first kappa shape index (κ1) is 15.8. The van der Waals surface area contributed by atoms with Gasteiger partial charge in [0, 0.05) is 26.1 Å². The third-order valence-corrected chi connectivity index (χ3v) is 3.48. The molecule has 7 nitrogen and oxygen atoms in total. The largest absolute Gasteiger partial charge is 0.461 e. The molecule has 116 valence electrons. The van der Waals surface area contributed by atoms with Gasteiger partial charge in [0.05, 0.1) is 6.10 Å². The number of aromatic nitrogens is 3. The van der Waals surface area contributed by atoms with Crippen molar-refractivity contribution in [1.82, 2.24) is 20.3 Å². The van der Waals surface area contributed by atoms with Crippen molar-refractivity contribution in [3.05, 3.63) is 5.28 Å². The quantitative estimate of drug-likeness (QED) is 0.902. The maximum absolute atomic E-state index is 11.6. The molecule has 0 bridgehead atoms. The predicted octanol–water partition coefficient (Wildman–Crippen LogP) is 1.27. The van der Waals surface area contributed by atoms with E-state index in [0.717, 1.165) is 12.8 Å². The summed E-state index contributed by atoms with van der Waals surface area (Å²) in [5.74, 6) is 0.642. The van der Waals surface area contributed by atoms with Crippen LogP contribution in [0.1, 0.15) is 26.7 Å². The van der Waals surface area contributed by atoms with E-state index in [2.05, 4.69) is 20.3 Å². The summed E-state index contributed by atoms with van der Waals surface area (Å²) in [6, 6.07) is 0.230. The van der Waals surface area contributed by atoms with Gasteiger partial charge in [-0.05, 0) is 38.3 Å². The van der Waals surface area contributed by atoms with Crippen molar-refractivity contribution in [2.45, 2.75) is 32.8 Å². The molecule has 0 spiro atoms. The lowest BCUT2D eigenvalue weighted by Gasteiger charge is -2.31. The Hall–Kier alpha value is -1.63. The van der Waals surface area contributed by atoms with Gasteiger partial charge >= 0.3 is 6.01 Å². The van der Waals surface area contributed by atoms with Gasteiger partial charge < -0.3 is 15.0 Å². The first-order valence-corrected chi connectivity index (χ1v) is 7.42. The summed E-state index contributed by atoms with van der Waals surface area (Å²) in [4.78, 5) is 26.0. The molecule has 0 unspecified atom stereocenters. The highest BCUT2D eigenvalue weighted by Crippen LogP contribution is 2.23. The highest BCUT2D eigenvalue weighted by atomic mass is 35.5. The summed E-state index contributed by atoms with van der Waals surface area (Å²) in [5.41, 5.74) is 0. The van der Waals surface area contributed by atoms with Crippen LogP contribution in [0.4, 0.5) is 5.95 Å². The fourth-order valence-corrected chi connectivity index (χ4v) is 2.42. The zero-order valence-corrected chi connectivity index (χ0v) is 13.2. The number of hydrogen-bond acceptors (Lipinski definition) is 6. The molecule has 2 rings (SSSR count). The van der Waals surface area contributed by atoms with E-state index in [0.29, 0.717) is 19.0 Å². The highest BCUT2D eigenvalue weighted by Gasteiger charge is 2.26. The molecule has 1 amide bonds. The number of rotatable bonds is 4. The fraction of sp³-hybridized carbons (Fsp3) is 0.692. The van der Waals surface area contributed by atoms with Crippen molar-refractivity contribution in [2.24, 2.45) is 5.92 Å². The third kappa shape index (κ3) is 4.17. The van der Waals surface area contributed by atoms with E-state index in [4.69, 9.17) is 16.3 Å². The van der Waals surface area contributed by atoms with Crippen LogP contribution < -0.4 is 15.0 Å². The standard InChI is InChI=1S/C13H20ClN5O2/c1-8(2)21-13-17-11(14)16-12(18-13)19-6-4-9(5-7-19)10(20)15-3/h8-9H,4-7H2,1-3H3,(H,15,20). The number of carbonyl (C=O) groups excluding carboxylic acids is 1. The summed E-state index contributed by atoms with van der Waals surface area (Å²) in [6.45, 7) is 5.21. The number of ether oxygens (including phenoxy) is 1. The Balaban J connectivity index is 2.06. The Bertz CT molecular complexity index is 503. The van der Waals surface area contributed by atoms with Crippen LogP contribution >= 0.6 is 11.6 Å². The Morgan fingerprint density at radius 1 is 1.33 bits per heavy atom. The Kier molecular flexibility index (Phi) is 5.17. The first-order valence-electron chi connectivity index (χ1n) is 7.04. The molecule has 0 aromatic carbocycles. The van der Waals surface area contributed by atoms with Gasteiger partial charge in [-0.2, -0.15) is 15.0 Å². The molecule has 1 aliphatic rings. The van der Waals surface area contributed by atoms with Crippen molar-refractivity contribution in [3.63, 3.8) is 0 Å². The van der Waals surface area contributed by atoms with Crippen LogP contribution in [0.15, 0.2) is 0 Å².